The van der Waals surface area contributed by atoms with Gasteiger partial charge in [0.1, 0.15) is 11.6 Å². The van der Waals surface area contributed by atoms with Gasteiger partial charge in [-0.1, -0.05) is 18.2 Å². The maximum absolute atomic E-state index is 11.4. The van der Waals surface area contributed by atoms with E-state index in [1.807, 2.05) is 24.3 Å². The average molecular weight is 265 g/mol. The van der Waals surface area contributed by atoms with E-state index >= 15 is 0 Å². The van der Waals surface area contributed by atoms with Gasteiger partial charge in [0.05, 0.1) is 18.7 Å². The second kappa shape index (κ2) is 5.69. The van der Waals surface area contributed by atoms with Crippen molar-refractivity contribution in [3.8, 4) is 5.75 Å². The second-order valence-electron chi connectivity index (χ2n) is 3.81. The Balaban J connectivity index is 2.33. The summed E-state index contributed by atoms with van der Waals surface area (Å²) in [5, 5.41) is 0. The number of hydrogen-bond acceptors (Lipinski definition) is 3. The molecule has 18 heavy (non-hydrogen) atoms. The highest BCUT2D eigenvalue weighted by atomic mass is 35.5. The Hall–Kier alpha value is -1.81. The van der Waals surface area contributed by atoms with Crippen LogP contribution < -0.4 is 10.3 Å². The third kappa shape index (κ3) is 2.90. The second-order valence-corrected chi connectivity index (χ2v) is 4.07. The molecular weight excluding hydrogens is 252 g/mol. The summed E-state index contributed by atoms with van der Waals surface area (Å²) in [6, 6.07) is 9.03. The summed E-state index contributed by atoms with van der Waals surface area (Å²) in [5.74, 6) is 1.59. The van der Waals surface area contributed by atoms with E-state index in [4.69, 9.17) is 16.3 Å². The zero-order valence-electron chi connectivity index (χ0n) is 9.94. The first-order valence-electron chi connectivity index (χ1n) is 5.50. The highest BCUT2D eigenvalue weighted by Gasteiger charge is 2.06. The number of nitrogens with one attached hydrogen (secondary N) is 1. The first kappa shape index (κ1) is 12.6. The highest BCUT2D eigenvalue weighted by molar-refractivity contribution is 6.16. The maximum Gasteiger partial charge on any atom is 0.251 e. The topological polar surface area (TPSA) is 55.0 Å². The minimum atomic E-state index is -0.189. The van der Waals surface area contributed by atoms with Crippen molar-refractivity contribution >= 4 is 11.6 Å². The molecule has 1 aromatic carbocycles. The van der Waals surface area contributed by atoms with Crippen LogP contribution in [-0.2, 0) is 12.3 Å². The van der Waals surface area contributed by atoms with Crippen molar-refractivity contribution in [3.63, 3.8) is 0 Å². The molecule has 0 aliphatic carbocycles. The fourth-order valence-corrected chi connectivity index (χ4v) is 1.88. The standard InChI is InChI=1S/C13H13ClN2O2/c1-18-11-5-3-2-4-9(11)6-12-15-10(8-14)7-13(17)16-12/h2-5,7H,6,8H2,1H3,(H,15,16,17). The van der Waals surface area contributed by atoms with E-state index in [-0.39, 0.29) is 11.4 Å². The molecule has 0 amide bonds. The summed E-state index contributed by atoms with van der Waals surface area (Å²) in [7, 11) is 1.62. The van der Waals surface area contributed by atoms with Crippen molar-refractivity contribution < 1.29 is 4.74 Å². The number of aromatic amines is 1. The largest absolute Gasteiger partial charge is 0.496 e. The number of aromatic nitrogens is 2. The lowest BCUT2D eigenvalue weighted by Crippen LogP contribution is -2.12. The number of benzene rings is 1. The molecular formula is C13H13ClN2O2. The first-order chi connectivity index (χ1) is 8.72. The molecule has 2 rings (SSSR count). The van der Waals surface area contributed by atoms with Gasteiger partial charge in [-0.2, -0.15) is 0 Å². The predicted octanol–water partition coefficient (Wildman–Crippen LogP) is 2.11. The van der Waals surface area contributed by atoms with E-state index in [1.165, 1.54) is 6.07 Å². The molecule has 5 heteroatoms. The van der Waals surface area contributed by atoms with Crippen molar-refractivity contribution in [1.82, 2.24) is 9.97 Å². The summed E-state index contributed by atoms with van der Waals surface area (Å²) in [6.07, 6.45) is 0.504. The molecule has 1 heterocycles. The van der Waals surface area contributed by atoms with E-state index in [0.29, 0.717) is 17.9 Å². The summed E-state index contributed by atoms with van der Waals surface area (Å²) in [6.45, 7) is 0. The van der Waals surface area contributed by atoms with Crippen LogP contribution in [-0.4, -0.2) is 17.1 Å². The molecule has 0 aliphatic heterocycles. The Morgan fingerprint density at radius 1 is 1.39 bits per heavy atom. The van der Waals surface area contributed by atoms with Crippen molar-refractivity contribution in [2.45, 2.75) is 12.3 Å². The van der Waals surface area contributed by atoms with Gasteiger partial charge in [-0.25, -0.2) is 4.98 Å². The Kier molecular flexibility index (Phi) is 3.99. The number of nitrogens with zero attached hydrogens (tertiary/aromatic N) is 1. The maximum atomic E-state index is 11.4. The van der Waals surface area contributed by atoms with Crippen LogP contribution in [0.15, 0.2) is 35.1 Å². The van der Waals surface area contributed by atoms with E-state index in [2.05, 4.69) is 9.97 Å². The average Bonchev–Trinajstić information content (AvgIpc) is 2.38. The Bertz CT molecular complexity index is 596. The molecule has 0 unspecified atom stereocenters. The monoisotopic (exact) mass is 264 g/mol. The fraction of sp³-hybridized carbons (Fsp3) is 0.231. The van der Waals surface area contributed by atoms with Crippen LogP contribution >= 0.6 is 11.6 Å². The van der Waals surface area contributed by atoms with Gasteiger partial charge in [0.15, 0.2) is 0 Å². The summed E-state index contributed by atoms with van der Waals surface area (Å²) in [4.78, 5) is 18.4. The number of ether oxygens (including phenoxy) is 1. The zero-order chi connectivity index (χ0) is 13.0. The molecule has 1 aromatic heterocycles. The molecule has 4 nitrogen and oxygen atoms in total. The van der Waals surface area contributed by atoms with Crippen molar-refractivity contribution in [2.24, 2.45) is 0 Å². The lowest BCUT2D eigenvalue weighted by molar-refractivity contribution is 0.410. The molecule has 0 saturated heterocycles. The molecule has 94 valence electrons. The molecule has 0 atom stereocenters. The number of halogens is 1. The normalized spacial score (nSPS) is 10.3. The van der Waals surface area contributed by atoms with Crippen LogP contribution in [0.5, 0.6) is 5.75 Å². The molecule has 0 spiro atoms. The number of methoxy groups -OCH3 is 1. The number of para-hydroxylation sites is 1. The zero-order valence-corrected chi connectivity index (χ0v) is 10.7. The van der Waals surface area contributed by atoms with E-state index in [9.17, 15) is 4.79 Å². The quantitative estimate of drug-likeness (QED) is 0.861. The minimum absolute atomic E-state index is 0.189. The van der Waals surface area contributed by atoms with Gasteiger partial charge in [0.2, 0.25) is 0 Å². The van der Waals surface area contributed by atoms with Crippen LogP contribution in [0, 0.1) is 0 Å². The van der Waals surface area contributed by atoms with Gasteiger partial charge in [-0.3, -0.25) is 4.79 Å². The smallest absolute Gasteiger partial charge is 0.251 e. The van der Waals surface area contributed by atoms with Gasteiger partial charge in [-0.15, -0.1) is 11.6 Å². The van der Waals surface area contributed by atoms with Crippen LogP contribution in [0.2, 0.25) is 0 Å². The number of H-pyrrole nitrogens is 1. The molecule has 0 bridgehead atoms. The SMILES string of the molecule is COc1ccccc1Cc1nc(CCl)cc(=O)[nH]1. The van der Waals surface area contributed by atoms with Crippen LogP contribution in [0.3, 0.4) is 0 Å². The summed E-state index contributed by atoms with van der Waals surface area (Å²) < 4.78 is 5.26. The van der Waals surface area contributed by atoms with Crippen molar-refractivity contribution in [1.29, 1.82) is 0 Å². The molecule has 0 aliphatic rings. The number of rotatable bonds is 4. The van der Waals surface area contributed by atoms with E-state index in [1.54, 1.807) is 7.11 Å². The lowest BCUT2D eigenvalue weighted by Gasteiger charge is -2.07. The van der Waals surface area contributed by atoms with E-state index in [0.717, 1.165) is 11.3 Å². The van der Waals surface area contributed by atoms with Crippen LogP contribution in [0.4, 0.5) is 0 Å². The summed E-state index contributed by atoms with van der Waals surface area (Å²) >= 11 is 5.69. The van der Waals surface area contributed by atoms with Crippen molar-refractivity contribution in [2.75, 3.05) is 7.11 Å². The number of alkyl halides is 1. The third-order valence-corrected chi connectivity index (χ3v) is 2.80. The first-order valence-corrected chi connectivity index (χ1v) is 6.03. The molecule has 1 N–H and O–H groups in total. The van der Waals surface area contributed by atoms with Crippen LogP contribution in [0.25, 0.3) is 0 Å². The Morgan fingerprint density at radius 3 is 2.89 bits per heavy atom. The van der Waals surface area contributed by atoms with Gasteiger partial charge >= 0.3 is 0 Å². The Morgan fingerprint density at radius 2 is 2.17 bits per heavy atom. The minimum Gasteiger partial charge on any atom is -0.496 e. The molecule has 2 aromatic rings. The van der Waals surface area contributed by atoms with Gasteiger partial charge in [-0.05, 0) is 6.07 Å². The molecule has 0 radical (unpaired) electrons. The highest BCUT2D eigenvalue weighted by Crippen LogP contribution is 2.19. The number of hydrogen-bond donors (Lipinski definition) is 1. The molecule has 0 saturated carbocycles. The van der Waals surface area contributed by atoms with Crippen molar-refractivity contribution in [3.05, 3.63) is 57.8 Å². The van der Waals surface area contributed by atoms with Gasteiger partial charge < -0.3 is 9.72 Å². The Labute approximate surface area is 110 Å². The van der Waals surface area contributed by atoms with Crippen LogP contribution in [0.1, 0.15) is 17.1 Å². The van der Waals surface area contributed by atoms with Gasteiger partial charge in [0, 0.05) is 18.1 Å². The third-order valence-electron chi connectivity index (χ3n) is 2.53. The fourth-order valence-electron chi connectivity index (χ4n) is 1.74. The molecule has 0 fully saturated rings. The predicted molar refractivity (Wildman–Crippen MR) is 70.2 cm³/mol. The lowest BCUT2D eigenvalue weighted by atomic mass is 10.1. The van der Waals surface area contributed by atoms with E-state index < -0.39 is 0 Å². The summed E-state index contributed by atoms with van der Waals surface area (Å²) in [5.41, 5.74) is 1.35. The van der Waals surface area contributed by atoms with Gasteiger partial charge in [0.25, 0.3) is 5.56 Å².